The van der Waals surface area contributed by atoms with Crippen LogP contribution in [0.4, 0.5) is 0 Å². The second kappa shape index (κ2) is 7.93. The van der Waals surface area contributed by atoms with Gasteiger partial charge in [-0.3, -0.25) is 4.79 Å². The zero-order chi connectivity index (χ0) is 16.9. The van der Waals surface area contributed by atoms with Gasteiger partial charge in [0.1, 0.15) is 0 Å². The Morgan fingerprint density at radius 3 is 2.57 bits per heavy atom. The van der Waals surface area contributed by atoms with Crippen molar-refractivity contribution < 1.29 is 13.2 Å². The van der Waals surface area contributed by atoms with E-state index in [0.29, 0.717) is 12.5 Å². The Morgan fingerprint density at radius 2 is 1.87 bits per heavy atom. The molecule has 1 aliphatic carbocycles. The summed E-state index contributed by atoms with van der Waals surface area (Å²) in [6.45, 7) is 4.49. The van der Waals surface area contributed by atoms with E-state index in [1.807, 2.05) is 6.07 Å². The molecule has 1 aromatic carbocycles. The van der Waals surface area contributed by atoms with Gasteiger partial charge in [-0.2, -0.15) is 0 Å². The van der Waals surface area contributed by atoms with Crippen molar-refractivity contribution in [3.63, 3.8) is 0 Å². The average molecular weight is 338 g/mol. The number of aryl methyl sites for hydroxylation is 2. The summed E-state index contributed by atoms with van der Waals surface area (Å²) in [5.41, 5.74) is 2.35. The molecule has 2 N–H and O–H groups in total. The lowest BCUT2D eigenvalue weighted by Gasteiger charge is -2.16. The van der Waals surface area contributed by atoms with Crippen molar-refractivity contribution in [3.05, 3.63) is 29.3 Å². The first kappa shape index (κ1) is 17.9. The van der Waals surface area contributed by atoms with E-state index >= 15 is 0 Å². The number of carbonyl (C=O) groups excluding carboxylic acids is 1. The highest BCUT2D eigenvalue weighted by Crippen LogP contribution is 2.23. The monoisotopic (exact) mass is 338 g/mol. The molecule has 0 radical (unpaired) electrons. The number of benzene rings is 1. The van der Waals surface area contributed by atoms with Gasteiger partial charge in [0.15, 0.2) is 0 Å². The van der Waals surface area contributed by atoms with E-state index in [4.69, 9.17) is 0 Å². The molecule has 0 aliphatic heterocycles. The summed E-state index contributed by atoms with van der Waals surface area (Å²) in [6, 6.07) is 5.27. The fraction of sp³-hybridized carbons (Fsp3) is 0.588. The van der Waals surface area contributed by atoms with E-state index < -0.39 is 10.0 Å². The van der Waals surface area contributed by atoms with E-state index in [0.717, 1.165) is 37.7 Å². The second-order valence-corrected chi connectivity index (χ2v) is 8.26. The lowest BCUT2D eigenvalue weighted by Crippen LogP contribution is -2.37. The summed E-state index contributed by atoms with van der Waals surface area (Å²) in [4.78, 5) is 11.9. The van der Waals surface area contributed by atoms with Crippen LogP contribution in [0.25, 0.3) is 0 Å². The Morgan fingerprint density at radius 1 is 1.17 bits per heavy atom. The molecule has 23 heavy (non-hydrogen) atoms. The number of fused-ring (bicyclic) bond motifs is 1. The highest BCUT2D eigenvalue weighted by atomic mass is 32.2. The average Bonchev–Trinajstić information content (AvgIpc) is 2.52. The lowest BCUT2D eigenvalue weighted by atomic mass is 9.92. The minimum atomic E-state index is -3.64. The van der Waals surface area contributed by atoms with Crippen LogP contribution in [-0.4, -0.2) is 27.4 Å². The van der Waals surface area contributed by atoms with Crippen LogP contribution in [0.5, 0.6) is 0 Å². The summed E-state index contributed by atoms with van der Waals surface area (Å²) in [5.74, 6) is 0.203. The first-order valence-corrected chi connectivity index (χ1v) is 9.75. The smallest absolute Gasteiger partial charge is 0.241 e. The van der Waals surface area contributed by atoms with Crippen LogP contribution in [0.15, 0.2) is 23.1 Å². The molecule has 0 aromatic heterocycles. The molecular weight excluding hydrogens is 312 g/mol. The Balaban J connectivity index is 1.92. The van der Waals surface area contributed by atoms with Gasteiger partial charge in [-0.15, -0.1) is 0 Å². The van der Waals surface area contributed by atoms with E-state index in [1.54, 1.807) is 12.1 Å². The first-order valence-electron chi connectivity index (χ1n) is 8.26. The summed E-state index contributed by atoms with van der Waals surface area (Å²) >= 11 is 0. The Hall–Kier alpha value is -1.40. The summed E-state index contributed by atoms with van der Waals surface area (Å²) in [5, 5.41) is 2.72. The van der Waals surface area contributed by atoms with Crippen LogP contribution < -0.4 is 10.0 Å². The molecule has 0 unspecified atom stereocenters. The molecule has 2 rings (SSSR count). The van der Waals surface area contributed by atoms with Gasteiger partial charge in [-0.1, -0.05) is 19.9 Å². The molecular formula is C17H26N2O3S. The zero-order valence-electron chi connectivity index (χ0n) is 13.9. The van der Waals surface area contributed by atoms with E-state index in [1.165, 1.54) is 5.56 Å². The van der Waals surface area contributed by atoms with Crippen molar-refractivity contribution >= 4 is 15.9 Å². The lowest BCUT2D eigenvalue weighted by molar-refractivity contribution is -0.119. The predicted molar refractivity (Wildman–Crippen MR) is 90.7 cm³/mol. The van der Waals surface area contributed by atoms with Crippen LogP contribution in [0.1, 0.15) is 44.2 Å². The number of sulfonamides is 1. The molecule has 0 saturated heterocycles. The minimum absolute atomic E-state index is 0.225. The SMILES string of the molecule is CC(C)CCNC(=O)CNS(=O)(=O)c1ccc2c(c1)CCCC2. The number of hydrogen-bond acceptors (Lipinski definition) is 3. The number of carbonyl (C=O) groups is 1. The van der Waals surface area contributed by atoms with Gasteiger partial charge in [-0.05, 0) is 61.3 Å². The van der Waals surface area contributed by atoms with Crippen LogP contribution in [0, 0.1) is 5.92 Å². The molecule has 0 heterocycles. The number of amides is 1. The molecule has 1 aliphatic rings. The second-order valence-electron chi connectivity index (χ2n) is 6.49. The molecule has 1 aromatic rings. The Kier molecular flexibility index (Phi) is 6.18. The zero-order valence-corrected chi connectivity index (χ0v) is 14.7. The largest absolute Gasteiger partial charge is 0.355 e. The van der Waals surface area contributed by atoms with Crippen LogP contribution in [0.3, 0.4) is 0 Å². The fourth-order valence-electron chi connectivity index (χ4n) is 2.68. The van der Waals surface area contributed by atoms with Crippen molar-refractivity contribution in [2.24, 2.45) is 5.92 Å². The highest BCUT2D eigenvalue weighted by Gasteiger charge is 2.18. The maximum Gasteiger partial charge on any atom is 0.241 e. The maximum atomic E-state index is 12.3. The molecule has 0 fully saturated rings. The summed E-state index contributed by atoms with van der Waals surface area (Å²) in [6.07, 6.45) is 5.08. The van der Waals surface area contributed by atoms with Crippen LogP contribution >= 0.6 is 0 Å². The summed E-state index contributed by atoms with van der Waals surface area (Å²) in [7, 11) is -3.64. The highest BCUT2D eigenvalue weighted by molar-refractivity contribution is 7.89. The van der Waals surface area contributed by atoms with Gasteiger partial charge >= 0.3 is 0 Å². The van der Waals surface area contributed by atoms with Crippen molar-refractivity contribution in [1.82, 2.24) is 10.0 Å². The quantitative estimate of drug-likeness (QED) is 0.798. The van der Waals surface area contributed by atoms with Gasteiger partial charge in [0.2, 0.25) is 15.9 Å². The van der Waals surface area contributed by atoms with Crippen molar-refractivity contribution in [2.75, 3.05) is 13.1 Å². The third-order valence-electron chi connectivity index (χ3n) is 4.10. The number of hydrogen-bond donors (Lipinski definition) is 2. The minimum Gasteiger partial charge on any atom is -0.355 e. The molecule has 1 amide bonds. The third kappa shape index (κ3) is 5.32. The summed E-state index contributed by atoms with van der Waals surface area (Å²) < 4.78 is 27.0. The van der Waals surface area contributed by atoms with Crippen molar-refractivity contribution in [2.45, 2.75) is 50.8 Å². The third-order valence-corrected chi connectivity index (χ3v) is 5.50. The van der Waals surface area contributed by atoms with E-state index in [-0.39, 0.29) is 17.3 Å². The van der Waals surface area contributed by atoms with E-state index in [2.05, 4.69) is 23.9 Å². The maximum absolute atomic E-state index is 12.3. The molecule has 0 atom stereocenters. The molecule has 0 spiro atoms. The topological polar surface area (TPSA) is 75.3 Å². The first-order chi connectivity index (χ1) is 10.9. The van der Waals surface area contributed by atoms with Crippen LogP contribution in [-0.2, 0) is 27.7 Å². The van der Waals surface area contributed by atoms with Gasteiger partial charge in [0.25, 0.3) is 0 Å². The van der Waals surface area contributed by atoms with Gasteiger partial charge in [-0.25, -0.2) is 13.1 Å². The van der Waals surface area contributed by atoms with Gasteiger partial charge in [0, 0.05) is 6.54 Å². The Labute approximate surface area is 138 Å². The predicted octanol–water partition coefficient (Wildman–Crippen LogP) is 2.01. The van der Waals surface area contributed by atoms with Crippen molar-refractivity contribution in [1.29, 1.82) is 0 Å². The molecule has 0 bridgehead atoms. The molecule has 0 saturated carbocycles. The molecule has 5 nitrogen and oxygen atoms in total. The van der Waals surface area contributed by atoms with Gasteiger partial charge in [0.05, 0.1) is 11.4 Å². The fourth-order valence-corrected chi connectivity index (χ4v) is 3.72. The number of rotatable bonds is 7. The molecule has 6 heteroatoms. The van der Waals surface area contributed by atoms with Crippen LogP contribution in [0.2, 0.25) is 0 Å². The standard InChI is InChI=1S/C17H26N2O3S/c1-13(2)9-10-18-17(20)12-19-23(21,22)16-8-7-14-5-3-4-6-15(14)11-16/h7-8,11,13,19H,3-6,9-10,12H2,1-2H3,(H,18,20). The van der Waals surface area contributed by atoms with Crippen molar-refractivity contribution in [3.8, 4) is 0 Å². The number of nitrogens with one attached hydrogen (secondary N) is 2. The van der Waals surface area contributed by atoms with E-state index in [9.17, 15) is 13.2 Å². The Bertz CT molecular complexity index is 654. The van der Waals surface area contributed by atoms with Gasteiger partial charge < -0.3 is 5.32 Å². The molecule has 128 valence electrons. The normalized spacial score (nSPS) is 14.6.